The lowest BCUT2D eigenvalue weighted by Gasteiger charge is -2.15. The van der Waals surface area contributed by atoms with Crippen LogP contribution in [0.3, 0.4) is 0 Å². The molecule has 6 heteroatoms. The maximum atomic E-state index is 12.1. The second kappa shape index (κ2) is 6.05. The summed E-state index contributed by atoms with van der Waals surface area (Å²) in [5.74, 6) is -1.51. The van der Waals surface area contributed by atoms with Gasteiger partial charge in [0.1, 0.15) is 4.88 Å². The Hall–Kier alpha value is -2.21. The van der Waals surface area contributed by atoms with Gasteiger partial charge in [-0.3, -0.25) is 4.79 Å². The minimum atomic E-state index is -1.09. The molecule has 0 aliphatic carbocycles. The van der Waals surface area contributed by atoms with Crippen LogP contribution >= 0.6 is 11.3 Å². The van der Waals surface area contributed by atoms with Crippen LogP contribution in [0, 0.1) is 20.8 Å². The molecule has 1 unspecified atom stereocenters. The molecule has 110 valence electrons. The monoisotopic (exact) mass is 304 g/mol. The number of benzene rings is 1. The Morgan fingerprint density at radius 1 is 1.19 bits per heavy atom. The SMILES string of the molecule is Cc1cc(C)cc(C(NC(=O)c2cnc(C)s2)C(=O)O)c1. The average molecular weight is 304 g/mol. The summed E-state index contributed by atoms with van der Waals surface area (Å²) in [6.45, 7) is 5.58. The molecule has 1 heterocycles. The van der Waals surface area contributed by atoms with Crippen LogP contribution in [0.5, 0.6) is 0 Å². The second-order valence-corrected chi connectivity index (χ2v) is 6.14. The van der Waals surface area contributed by atoms with E-state index in [9.17, 15) is 14.7 Å². The third-order valence-electron chi connectivity index (χ3n) is 2.94. The van der Waals surface area contributed by atoms with Gasteiger partial charge in [-0.05, 0) is 26.3 Å². The van der Waals surface area contributed by atoms with Crippen molar-refractivity contribution in [1.29, 1.82) is 0 Å². The van der Waals surface area contributed by atoms with Gasteiger partial charge in [-0.15, -0.1) is 11.3 Å². The van der Waals surface area contributed by atoms with E-state index in [2.05, 4.69) is 10.3 Å². The summed E-state index contributed by atoms with van der Waals surface area (Å²) in [5, 5.41) is 12.7. The molecule has 21 heavy (non-hydrogen) atoms. The number of hydrogen-bond donors (Lipinski definition) is 2. The first-order valence-electron chi connectivity index (χ1n) is 6.41. The summed E-state index contributed by atoms with van der Waals surface area (Å²) in [4.78, 5) is 28.0. The van der Waals surface area contributed by atoms with E-state index in [1.807, 2.05) is 19.9 Å². The molecule has 1 amide bonds. The molecule has 5 nitrogen and oxygen atoms in total. The first-order valence-corrected chi connectivity index (χ1v) is 7.23. The number of carboxylic acid groups (broad SMARTS) is 1. The van der Waals surface area contributed by atoms with Crippen LogP contribution in [0.25, 0.3) is 0 Å². The molecular formula is C15H16N2O3S. The number of aliphatic carboxylic acids is 1. The number of nitrogens with zero attached hydrogens (tertiary/aromatic N) is 1. The number of carboxylic acids is 1. The highest BCUT2D eigenvalue weighted by Crippen LogP contribution is 2.19. The molecule has 0 saturated carbocycles. The van der Waals surface area contributed by atoms with Gasteiger partial charge in [-0.2, -0.15) is 0 Å². The van der Waals surface area contributed by atoms with Crippen molar-refractivity contribution in [3.8, 4) is 0 Å². The van der Waals surface area contributed by atoms with Crippen molar-refractivity contribution in [3.63, 3.8) is 0 Å². The predicted molar refractivity (Wildman–Crippen MR) is 80.6 cm³/mol. The van der Waals surface area contributed by atoms with E-state index in [1.165, 1.54) is 17.5 Å². The minimum absolute atomic E-state index is 0.406. The molecular weight excluding hydrogens is 288 g/mol. The smallest absolute Gasteiger partial charge is 0.330 e. The van der Waals surface area contributed by atoms with Gasteiger partial charge in [-0.1, -0.05) is 29.3 Å². The zero-order valence-electron chi connectivity index (χ0n) is 12.0. The topological polar surface area (TPSA) is 79.3 Å². The lowest BCUT2D eigenvalue weighted by Crippen LogP contribution is -2.33. The zero-order valence-corrected chi connectivity index (χ0v) is 12.8. The van der Waals surface area contributed by atoms with E-state index in [4.69, 9.17) is 0 Å². The molecule has 1 aromatic carbocycles. The highest BCUT2D eigenvalue weighted by Gasteiger charge is 2.24. The van der Waals surface area contributed by atoms with E-state index in [1.54, 1.807) is 19.1 Å². The fraction of sp³-hybridized carbons (Fsp3) is 0.267. The van der Waals surface area contributed by atoms with Gasteiger partial charge in [0.05, 0.1) is 11.2 Å². The maximum Gasteiger partial charge on any atom is 0.330 e. The summed E-state index contributed by atoms with van der Waals surface area (Å²) in [5.41, 5.74) is 2.48. The second-order valence-electron chi connectivity index (χ2n) is 4.91. The normalized spacial score (nSPS) is 12.0. The number of nitrogens with one attached hydrogen (secondary N) is 1. The van der Waals surface area contributed by atoms with Gasteiger partial charge in [-0.25, -0.2) is 9.78 Å². The fourth-order valence-corrected chi connectivity index (χ4v) is 2.81. The first-order chi connectivity index (χ1) is 9.86. The highest BCUT2D eigenvalue weighted by atomic mass is 32.1. The number of rotatable bonds is 4. The van der Waals surface area contributed by atoms with Gasteiger partial charge in [0.15, 0.2) is 6.04 Å². The molecule has 0 aliphatic rings. The van der Waals surface area contributed by atoms with Gasteiger partial charge in [0.2, 0.25) is 0 Å². The fourth-order valence-electron chi connectivity index (χ4n) is 2.13. The van der Waals surface area contributed by atoms with Crippen LogP contribution in [0.1, 0.15) is 37.4 Å². The first kappa shape index (κ1) is 15.2. The molecule has 2 aromatic rings. The lowest BCUT2D eigenvalue weighted by molar-refractivity contribution is -0.139. The minimum Gasteiger partial charge on any atom is -0.479 e. The average Bonchev–Trinajstić information content (AvgIpc) is 2.80. The van der Waals surface area contributed by atoms with E-state index < -0.39 is 17.9 Å². The van der Waals surface area contributed by atoms with Gasteiger partial charge >= 0.3 is 5.97 Å². The Morgan fingerprint density at radius 2 is 1.81 bits per heavy atom. The van der Waals surface area contributed by atoms with Crippen LogP contribution in [0.15, 0.2) is 24.4 Å². The summed E-state index contributed by atoms with van der Waals surface area (Å²) < 4.78 is 0. The van der Waals surface area contributed by atoms with Crippen molar-refractivity contribution >= 4 is 23.2 Å². The predicted octanol–water partition coefficient (Wildman–Crippen LogP) is 2.62. The number of aromatic nitrogens is 1. The molecule has 0 aliphatic heterocycles. The third kappa shape index (κ3) is 3.66. The van der Waals surface area contributed by atoms with E-state index >= 15 is 0 Å². The van der Waals surface area contributed by atoms with Crippen molar-refractivity contribution < 1.29 is 14.7 Å². The molecule has 0 radical (unpaired) electrons. The molecule has 1 atom stereocenters. The lowest BCUT2D eigenvalue weighted by atomic mass is 10.0. The summed E-state index contributed by atoms with van der Waals surface area (Å²) in [7, 11) is 0. The number of aryl methyl sites for hydroxylation is 3. The molecule has 2 N–H and O–H groups in total. The van der Waals surface area contributed by atoms with Crippen LogP contribution < -0.4 is 5.32 Å². The van der Waals surface area contributed by atoms with E-state index in [0.29, 0.717) is 10.4 Å². The van der Waals surface area contributed by atoms with Crippen molar-refractivity contribution in [1.82, 2.24) is 10.3 Å². The Labute approximate surface area is 126 Å². The molecule has 0 spiro atoms. The standard InChI is InChI=1S/C15H16N2O3S/c1-8-4-9(2)6-11(5-8)13(15(19)20)17-14(18)12-7-16-10(3)21-12/h4-7,13H,1-3H3,(H,17,18)(H,19,20). The quantitative estimate of drug-likeness (QED) is 0.910. The van der Waals surface area contributed by atoms with Crippen molar-refractivity contribution in [3.05, 3.63) is 51.0 Å². The van der Waals surface area contributed by atoms with Gasteiger partial charge in [0, 0.05) is 0 Å². The van der Waals surface area contributed by atoms with Gasteiger partial charge < -0.3 is 10.4 Å². The number of carbonyl (C=O) groups excluding carboxylic acids is 1. The van der Waals surface area contributed by atoms with Crippen molar-refractivity contribution in [2.75, 3.05) is 0 Å². The highest BCUT2D eigenvalue weighted by molar-refractivity contribution is 7.13. The molecule has 0 fully saturated rings. The van der Waals surface area contributed by atoms with E-state index in [0.717, 1.165) is 16.1 Å². The van der Waals surface area contributed by atoms with Crippen LogP contribution in [-0.4, -0.2) is 22.0 Å². The summed E-state index contributed by atoms with van der Waals surface area (Å²) >= 11 is 1.23. The molecule has 1 aromatic heterocycles. The Kier molecular flexibility index (Phi) is 4.37. The molecule has 0 saturated heterocycles. The number of carbonyl (C=O) groups is 2. The third-order valence-corrected chi connectivity index (χ3v) is 3.86. The van der Waals surface area contributed by atoms with Crippen LogP contribution in [0.2, 0.25) is 0 Å². The molecule has 2 rings (SSSR count). The van der Waals surface area contributed by atoms with Gasteiger partial charge in [0.25, 0.3) is 5.91 Å². The largest absolute Gasteiger partial charge is 0.479 e. The van der Waals surface area contributed by atoms with Crippen LogP contribution in [0.4, 0.5) is 0 Å². The maximum absolute atomic E-state index is 12.1. The number of amides is 1. The Bertz CT molecular complexity index is 674. The number of thiazole rings is 1. The Balaban J connectivity index is 2.27. The van der Waals surface area contributed by atoms with Crippen LogP contribution in [-0.2, 0) is 4.79 Å². The molecule has 0 bridgehead atoms. The van der Waals surface area contributed by atoms with Crippen molar-refractivity contribution in [2.45, 2.75) is 26.8 Å². The summed E-state index contributed by atoms with van der Waals surface area (Å²) in [6.07, 6.45) is 1.45. The zero-order chi connectivity index (χ0) is 15.6. The van der Waals surface area contributed by atoms with E-state index in [-0.39, 0.29) is 0 Å². The Morgan fingerprint density at radius 3 is 2.29 bits per heavy atom. The van der Waals surface area contributed by atoms with Crippen molar-refractivity contribution in [2.24, 2.45) is 0 Å². The number of hydrogen-bond acceptors (Lipinski definition) is 4. The summed E-state index contributed by atoms with van der Waals surface area (Å²) in [6, 6.07) is 4.42.